The van der Waals surface area contributed by atoms with Gasteiger partial charge in [0.05, 0.1) is 17.6 Å². The van der Waals surface area contributed by atoms with Crippen molar-refractivity contribution in [2.24, 2.45) is 0 Å². The summed E-state index contributed by atoms with van der Waals surface area (Å²) in [5.74, 6) is -0.0276. The summed E-state index contributed by atoms with van der Waals surface area (Å²) in [7, 11) is 0. The second-order valence-electron chi connectivity index (χ2n) is 3.52. The van der Waals surface area contributed by atoms with Crippen molar-refractivity contribution >= 4 is 22.9 Å². The molecule has 0 saturated heterocycles. The lowest BCUT2D eigenvalue weighted by Gasteiger charge is -2.06. The van der Waals surface area contributed by atoms with Gasteiger partial charge >= 0.3 is 0 Å². The molecule has 0 fully saturated rings. The number of aromatic nitrogens is 1. The van der Waals surface area contributed by atoms with E-state index in [1.807, 2.05) is 36.6 Å². The molecule has 3 nitrogen and oxygen atoms in total. The quantitative estimate of drug-likeness (QED) is 0.884. The van der Waals surface area contributed by atoms with Gasteiger partial charge < -0.3 is 5.32 Å². The number of nitrogens with one attached hydrogen (secondary N) is 1. The number of para-hydroxylation sites is 1. The molecule has 4 heteroatoms. The van der Waals surface area contributed by atoms with Crippen LogP contribution >= 0.6 is 11.3 Å². The van der Waals surface area contributed by atoms with Crippen LogP contribution in [0.1, 0.15) is 11.3 Å². The van der Waals surface area contributed by atoms with Crippen LogP contribution in [-0.4, -0.2) is 10.9 Å². The van der Waals surface area contributed by atoms with Crippen molar-refractivity contribution in [2.75, 3.05) is 5.32 Å². The first-order valence-electron chi connectivity index (χ1n) is 4.98. The summed E-state index contributed by atoms with van der Waals surface area (Å²) in [5.41, 5.74) is 4.48. The highest BCUT2D eigenvalue weighted by Crippen LogP contribution is 2.13. The maximum Gasteiger partial charge on any atom is 0.230 e. The van der Waals surface area contributed by atoms with Crippen LogP contribution in [0.2, 0.25) is 0 Å². The Bertz CT molecular complexity index is 480. The first-order chi connectivity index (χ1) is 7.75. The lowest BCUT2D eigenvalue weighted by atomic mass is 10.2. The van der Waals surface area contributed by atoms with E-state index in [1.165, 1.54) is 11.3 Å². The van der Waals surface area contributed by atoms with Gasteiger partial charge in [-0.15, -0.1) is 11.3 Å². The molecule has 0 bridgehead atoms. The van der Waals surface area contributed by atoms with Crippen LogP contribution < -0.4 is 5.32 Å². The number of rotatable bonds is 3. The van der Waals surface area contributed by atoms with Crippen LogP contribution in [0.5, 0.6) is 0 Å². The Labute approximate surface area is 98.2 Å². The van der Waals surface area contributed by atoms with Gasteiger partial charge in [-0.25, -0.2) is 4.98 Å². The highest BCUT2D eigenvalue weighted by Gasteiger charge is 2.06. The van der Waals surface area contributed by atoms with Crippen molar-refractivity contribution < 1.29 is 4.79 Å². The van der Waals surface area contributed by atoms with Gasteiger partial charge in [0, 0.05) is 11.1 Å². The number of anilines is 1. The van der Waals surface area contributed by atoms with E-state index < -0.39 is 0 Å². The van der Waals surface area contributed by atoms with Crippen molar-refractivity contribution in [3.63, 3.8) is 0 Å². The molecule has 1 heterocycles. The van der Waals surface area contributed by atoms with E-state index in [4.69, 9.17) is 0 Å². The molecule has 1 aromatic carbocycles. The monoisotopic (exact) mass is 232 g/mol. The van der Waals surface area contributed by atoms with Gasteiger partial charge in [0.2, 0.25) is 5.91 Å². The Morgan fingerprint density at radius 2 is 2.25 bits per heavy atom. The standard InChI is InChI=1S/C12H12N2OS/c1-9-4-2-3-5-11(9)14-12(15)6-10-7-16-8-13-10/h2-5,7-8H,6H2,1H3,(H,14,15). The molecule has 2 rings (SSSR count). The van der Waals surface area contributed by atoms with Crippen LogP contribution in [-0.2, 0) is 11.2 Å². The molecule has 0 unspecified atom stereocenters. The molecule has 0 saturated carbocycles. The number of carbonyl (C=O) groups is 1. The van der Waals surface area contributed by atoms with Gasteiger partial charge in [-0.05, 0) is 18.6 Å². The Hall–Kier alpha value is -1.68. The van der Waals surface area contributed by atoms with E-state index >= 15 is 0 Å². The van der Waals surface area contributed by atoms with Crippen molar-refractivity contribution in [1.82, 2.24) is 4.98 Å². The molecule has 1 aromatic heterocycles. The van der Waals surface area contributed by atoms with E-state index in [1.54, 1.807) is 5.51 Å². The summed E-state index contributed by atoms with van der Waals surface area (Å²) < 4.78 is 0. The predicted octanol–water partition coefficient (Wildman–Crippen LogP) is 2.63. The molecule has 1 amide bonds. The van der Waals surface area contributed by atoms with Crippen LogP contribution in [0.4, 0.5) is 5.69 Å². The minimum absolute atomic E-state index is 0.0276. The van der Waals surface area contributed by atoms with Gasteiger partial charge in [0.15, 0.2) is 0 Å². The molecular weight excluding hydrogens is 220 g/mol. The van der Waals surface area contributed by atoms with E-state index in [0.717, 1.165) is 16.9 Å². The van der Waals surface area contributed by atoms with Crippen LogP contribution in [0.15, 0.2) is 35.2 Å². The average Bonchev–Trinajstić information content (AvgIpc) is 2.74. The fraction of sp³-hybridized carbons (Fsp3) is 0.167. The minimum Gasteiger partial charge on any atom is -0.326 e. The number of carbonyl (C=O) groups excluding carboxylic acids is 1. The molecule has 82 valence electrons. The molecule has 0 radical (unpaired) electrons. The molecule has 0 atom stereocenters. The zero-order chi connectivity index (χ0) is 11.4. The first kappa shape index (κ1) is 10.8. The maximum atomic E-state index is 11.7. The molecular formula is C12H12N2OS. The van der Waals surface area contributed by atoms with Gasteiger partial charge in [0.1, 0.15) is 0 Å². The summed E-state index contributed by atoms with van der Waals surface area (Å²) in [6.45, 7) is 1.97. The fourth-order valence-electron chi connectivity index (χ4n) is 1.40. The topological polar surface area (TPSA) is 42.0 Å². The number of hydrogen-bond acceptors (Lipinski definition) is 3. The van der Waals surface area contributed by atoms with Gasteiger partial charge in [-0.3, -0.25) is 4.79 Å². The van der Waals surface area contributed by atoms with Crippen LogP contribution in [0, 0.1) is 6.92 Å². The number of amides is 1. The summed E-state index contributed by atoms with van der Waals surface area (Å²) in [5, 5.41) is 4.76. The summed E-state index contributed by atoms with van der Waals surface area (Å²) in [4.78, 5) is 15.8. The fourth-order valence-corrected chi connectivity index (χ4v) is 1.96. The highest BCUT2D eigenvalue weighted by molar-refractivity contribution is 7.07. The lowest BCUT2D eigenvalue weighted by Crippen LogP contribution is -2.15. The van der Waals surface area contributed by atoms with E-state index in [-0.39, 0.29) is 5.91 Å². The largest absolute Gasteiger partial charge is 0.326 e. The summed E-state index contributed by atoms with van der Waals surface area (Å²) >= 11 is 1.50. The lowest BCUT2D eigenvalue weighted by molar-refractivity contribution is -0.115. The second-order valence-corrected chi connectivity index (χ2v) is 4.24. The minimum atomic E-state index is -0.0276. The first-order valence-corrected chi connectivity index (χ1v) is 5.92. The summed E-state index contributed by atoms with van der Waals surface area (Å²) in [6.07, 6.45) is 0.331. The van der Waals surface area contributed by atoms with Gasteiger partial charge in [-0.1, -0.05) is 18.2 Å². The molecule has 0 aliphatic rings. The molecule has 2 aromatic rings. The number of aryl methyl sites for hydroxylation is 1. The normalized spacial score (nSPS) is 10.1. The zero-order valence-electron chi connectivity index (χ0n) is 8.93. The average molecular weight is 232 g/mol. The molecule has 16 heavy (non-hydrogen) atoms. The second kappa shape index (κ2) is 4.90. The van der Waals surface area contributed by atoms with Crippen molar-refractivity contribution in [3.05, 3.63) is 46.4 Å². The van der Waals surface area contributed by atoms with Gasteiger partial charge in [0.25, 0.3) is 0 Å². The Morgan fingerprint density at radius 1 is 1.44 bits per heavy atom. The van der Waals surface area contributed by atoms with Crippen molar-refractivity contribution in [3.8, 4) is 0 Å². The third-order valence-corrected chi connectivity index (χ3v) is 2.88. The van der Waals surface area contributed by atoms with Crippen LogP contribution in [0.25, 0.3) is 0 Å². The smallest absolute Gasteiger partial charge is 0.230 e. The Balaban J connectivity index is 2.00. The van der Waals surface area contributed by atoms with Crippen molar-refractivity contribution in [1.29, 1.82) is 0 Å². The molecule has 0 aliphatic carbocycles. The molecule has 0 aliphatic heterocycles. The van der Waals surface area contributed by atoms with Crippen LogP contribution in [0.3, 0.4) is 0 Å². The molecule has 0 spiro atoms. The number of hydrogen-bond donors (Lipinski definition) is 1. The number of nitrogens with zero attached hydrogens (tertiary/aromatic N) is 1. The third kappa shape index (κ3) is 2.67. The van der Waals surface area contributed by atoms with E-state index in [2.05, 4.69) is 10.3 Å². The van der Waals surface area contributed by atoms with Crippen molar-refractivity contribution in [2.45, 2.75) is 13.3 Å². The Morgan fingerprint density at radius 3 is 2.94 bits per heavy atom. The third-order valence-electron chi connectivity index (χ3n) is 2.24. The maximum absolute atomic E-state index is 11.7. The molecule has 1 N–H and O–H groups in total. The predicted molar refractivity (Wildman–Crippen MR) is 65.6 cm³/mol. The van der Waals surface area contributed by atoms with Gasteiger partial charge in [-0.2, -0.15) is 0 Å². The summed E-state index contributed by atoms with van der Waals surface area (Å²) in [6, 6.07) is 7.73. The highest BCUT2D eigenvalue weighted by atomic mass is 32.1. The Kier molecular flexibility index (Phi) is 3.31. The van der Waals surface area contributed by atoms with E-state index in [0.29, 0.717) is 6.42 Å². The number of thiazole rings is 1. The van der Waals surface area contributed by atoms with E-state index in [9.17, 15) is 4.79 Å². The number of benzene rings is 1. The zero-order valence-corrected chi connectivity index (χ0v) is 9.75. The SMILES string of the molecule is Cc1ccccc1NC(=O)Cc1cscn1.